The third-order valence-corrected chi connectivity index (χ3v) is 5.25. The first kappa shape index (κ1) is 21.5. The van der Waals surface area contributed by atoms with Crippen LogP contribution in [0.4, 0.5) is 0 Å². The van der Waals surface area contributed by atoms with Gasteiger partial charge in [0.1, 0.15) is 5.75 Å². The Morgan fingerprint density at radius 2 is 1.59 bits per heavy atom. The second kappa shape index (κ2) is 13.4. The van der Waals surface area contributed by atoms with E-state index in [1.165, 1.54) is 57.8 Å². The lowest BCUT2D eigenvalue weighted by Crippen LogP contribution is -2.33. The fraction of sp³-hybridized carbons (Fsp3) is 0.625. The molecule has 0 atom stereocenters. The lowest BCUT2D eigenvalue weighted by molar-refractivity contribution is -0.117. The Bertz CT molecular complexity index is 555. The molecule has 2 rings (SSSR count). The molecule has 0 aliphatic heterocycles. The van der Waals surface area contributed by atoms with Gasteiger partial charge in [-0.2, -0.15) is 0 Å². The van der Waals surface area contributed by atoms with E-state index in [0.717, 1.165) is 30.6 Å². The minimum absolute atomic E-state index is 0.0115. The molecular formula is C24H37NO2. The Labute approximate surface area is 165 Å². The molecule has 1 amide bonds. The van der Waals surface area contributed by atoms with E-state index in [4.69, 9.17) is 4.74 Å². The van der Waals surface area contributed by atoms with Crippen LogP contribution in [0.3, 0.4) is 0 Å². The SMILES string of the molecule is CCCOc1ccccc1/C=C/C(=O)NC1CCCCCCCCCCC1. The highest BCUT2D eigenvalue weighted by molar-refractivity contribution is 5.92. The summed E-state index contributed by atoms with van der Waals surface area (Å²) >= 11 is 0. The number of carbonyl (C=O) groups excluding carboxylic acids is 1. The molecule has 1 aromatic rings. The van der Waals surface area contributed by atoms with Crippen LogP contribution in [-0.2, 0) is 4.79 Å². The van der Waals surface area contributed by atoms with Crippen LogP contribution in [-0.4, -0.2) is 18.6 Å². The van der Waals surface area contributed by atoms with Crippen molar-refractivity contribution in [3.63, 3.8) is 0 Å². The maximum atomic E-state index is 12.4. The normalized spacial score (nSPS) is 17.8. The summed E-state index contributed by atoms with van der Waals surface area (Å²) in [4.78, 5) is 12.4. The van der Waals surface area contributed by atoms with Crippen LogP contribution in [0.25, 0.3) is 6.08 Å². The molecule has 3 heteroatoms. The summed E-state index contributed by atoms with van der Waals surface area (Å²) in [5.74, 6) is 0.854. The maximum Gasteiger partial charge on any atom is 0.244 e. The Morgan fingerprint density at radius 1 is 1.00 bits per heavy atom. The van der Waals surface area contributed by atoms with E-state index in [1.807, 2.05) is 30.3 Å². The van der Waals surface area contributed by atoms with Crippen molar-refractivity contribution in [1.82, 2.24) is 5.32 Å². The summed E-state index contributed by atoms with van der Waals surface area (Å²) in [7, 11) is 0. The highest BCUT2D eigenvalue weighted by Gasteiger charge is 2.11. The van der Waals surface area contributed by atoms with Gasteiger partial charge >= 0.3 is 0 Å². The molecule has 0 unspecified atom stereocenters. The van der Waals surface area contributed by atoms with E-state index in [1.54, 1.807) is 6.08 Å². The lowest BCUT2D eigenvalue weighted by atomic mass is 9.98. The predicted molar refractivity (Wildman–Crippen MR) is 114 cm³/mol. The Kier molecular flexibility index (Phi) is 10.7. The Balaban J connectivity index is 1.87. The van der Waals surface area contributed by atoms with Crippen LogP contribution in [0.5, 0.6) is 5.75 Å². The largest absolute Gasteiger partial charge is 0.493 e. The predicted octanol–water partition coefficient (Wildman–Crippen LogP) is 6.28. The van der Waals surface area contributed by atoms with Crippen molar-refractivity contribution in [2.75, 3.05) is 6.61 Å². The van der Waals surface area contributed by atoms with Gasteiger partial charge in [-0.3, -0.25) is 4.79 Å². The molecule has 1 aliphatic rings. The number of para-hydroxylation sites is 1. The molecule has 150 valence electrons. The number of rotatable bonds is 6. The number of benzene rings is 1. The van der Waals surface area contributed by atoms with E-state index in [0.29, 0.717) is 12.6 Å². The van der Waals surface area contributed by atoms with Crippen molar-refractivity contribution < 1.29 is 9.53 Å². The van der Waals surface area contributed by atoms with E-state index in [9.17, 15) is 4.79 Å². The first-order valence-electron chi connectivity index (χ1n) is 11.0. The quantitative estimate of drug-likeness (QED) is 0.598. The molecule has 1 fully saturated rings. The third kappa shape index (κ3) is 9.12. The van der Waals surface area contributed by atoms with Crippen molar-refractivity contribution in [3.8, 4) is 5.75 Å². The number of carbonyl (C=O) groups is 1. The first-order valence-corrected chi connectivity index (χ1v) is 11.0. The highest BCUT2D eigenvalue weighted by atomic mass is 16.5. The van der Waals surface area contributed by atoms with Crippen molar-refractivity contribution in [1.29, 1.82) is 0 Å². The van der Waals surface area contributed by atoms with Crippen molar-refractivity contribution in [2.24, 2.45) is 0 Å². The van der Waals surface area contributed by atoms with E-state index in [-0.39, 0.29) is 5.91 Å². The second-order valence-electron chi connectivity index (χ2n) is 7.68. The minimum Gasteiger partial charge on any atom is -0.493 e. The fourth-order valence-corrected chi connectivity index (χ4v) is 3.68. The van der Waals surface area contributed by atoms with Crippen molar-refractivity contribution in [2.45, 2.75) is 90.0 Å². The molecule has 27 heavy (non-hydrogen) atoms. The Hall–Kier alpha value is -1.77. The topological polar surface area (TPSA) is 38.3 Å². The van der Waals surface area contributed by atoms with Gasteiger partial charge in [-0.05, 0) is 31.4 Å². The van der Waals surface area contributed by atoms with E-state index in [2.05, 4.69) is 12.2 Å². The molecule has 0 heterocycles. The van der Waals surface area contributed by atoms with Crippen LogP contribution in [0.15, 0.2) is 30.3 Å². The molecule has 1 aliphatic carbocycles. The van der Waals surface area contributed by atoms with Crippen LogP contribution >= 0.6 is 0 Å². The van der Waals surface area contributed by atoms with Gasteiger partial charge in [0.2, 0.25) is 5.91 Å². The number of hydrogen-bond donors (Lipinski definition) is 1. The fourth-order valence-electron chi connectivity index (χ4n) is 3.68. The molecule has 0 spiro atoms. The maximum absolute atomic E-state index is 12.4. The molecule has 3 nitrogen and oxygen atoms in total. The average molecular weight is 372 g/mol. The molecule has 1 aromatic carbocycles. The monoisotopic (exact) mass is 371 g/mol. The van der Waals surface area contributed by atoms with Crippen LogP contribution < -0.4 is 10.1 Å². The minimum atomic E-state index is 0.0115. The lowest BCUT2D eigenvalue weighted by Gasteiger charge is -2.18. The van der Waals surface area contributed by atoms with Gasteiger partial charge in [-0.1, -0.05) is 82.9 Å². The molecular weight excluding hydrogens is 334 g/mol. The molecule has 0 aromatic heterocycles. The van der Waals surface area contributed by atoms with Crippen molar-refractivity contribution in [3.05, 3.63) is 35.9 Å². The number of hydrogen-bond acceptors (Lipinski definition) is 2. The van der Waals surface area contributed by atoms with Gasteiger partial charge in [0, 0.05) is 17.7 Å². The first-order chi connectivity index (χ1) is 13.3. The number of ether oxygens (including phenoxy) is 1. The summed E-state index contributed by atoms with van der Waals surface area (Å²) in [5.41, 5.74) is 0.958. The Morgan fingerprint density at radius 3 is 2.22 bits per heavy atom. The van der Waals surface area contributed by atoms with Gasteiger partial charge in [0.05, 0.1) is 6.61 Å². The second-order valence-corrected chi connectivity index (χ2v) is 7.68. The number of amides is 1. The van der Waals surface area contributed by atoms with E-state index < -0.39 is 0 Å². The molecule has 0 radical (unpaired) electrons. The van der Waals surface area contributed by atoms with Crippen LogP contribution in [0, 0.1) is 0 Å². The van der Waals surface area contributed by atoms with Crippen LogP contribution in [0.2, 0.25) is 0 Å². The summed E-state index contributed by atoms with van der Waals surface area (Å²) in [6.07, 6.45) is 18.6. The zero-order valence-electron chi connectivity index (χ0n) is 17.1. The number of nitrogens with one attached hydrogen (secondary N) is 1. The van der Waals surface area contributed by atoms with E-state index >= 15 is 0 Å². The highest BCUT2D eigenvalue weighted by Crippen LogP contribution is 2.20. The van der Waals surface area contributed by atoms with Gasteiger partial charge in [-0.25, -0.2) is 0 Å². The summed E-state index contributed by atoms with van der Waals surface area (Å²) < 4.78 is 5.76. The smallest absolute Gasteiger partial charge is 0.244 e. The zero-order valence-corrected chi connectivity index (χ0v) is 17.1. The molecule has 1 saturated carbocycles. The van der Waals surface area contributed by atoms with Gasteiger partial charge in [0.15, 0.2) is 0 Å². The summed E-state index contributed by atoms with van der Waals surface area (Å²) in [6, 6.07) is 8.20. The van der Waals surface area contributed by atoms with Crippen LogP contribution in [0.1, 0.15) is 89.5 Å². The average Bonchev–Trinajstić information content (AvgIpc) is 2.67. The third-order valence-electron chi connectivity index (χ3n) is 5.25. The zero-order chi connectivity index (χ0) is 19.2. The standard InChI is InChI=1S/C24H37NO2/c1-2-20-27-23-17-13-12-14-21(23)18-19-24(26)25-22-15-10-8-6-4-3-5-7-9-11-16-22/h12-14,17-19,22H,2-11,15-16,20H2,1H3,(H,25,26)/b19-18+. The van der Waals surface area contributed by atoms with Gasteiger partial charge in [0.25, 0.3) is 0 Å². The summed E-state index contributed by atoms with van der Waals surface area (Å²) in [6.45, 7) is 2.79. The van der Waals surface area contributed by atoms with Gasteiger partial charge < -0.3 is 10.1 Å². The molecule has 1 N–H and O–H groups in total. The molecule has 0 saturated heterocycles. The summed E-state index contributed by atoms with van der Waals surface area (Å²) in [5, 5.41) is 3.24. The van der Waals surface area contributed by atoms with Gasteiger partial charge in [-0.15, -0.1) is 0 Å². The molecule has 0 bridgehead atoms. The van der Waals surface area contributed by atoms with Crippen molar-refractivity contribution >= 4 is 12.0 Å².